The standard InChI is InChI=1S/C34H28ClF3N2O2/c1-23(15-16-33(42)31-21-26(11-6-18-40-31)28-12-5-17-39-22-28)25-9-4-10-27(20-25)32(41)14-3-8-24-7-2-13-30(35)29(19-24)34(36,37)38/h2-3,5,9-19,21-23H,4,7-8,20H2,1H3/b14-3+,16-15+. The number of hydrogen-bond donors (Lipinski definition) is 0. The molecule has 0 N–H and O–H groups in total. The van der Waals surface area contributed by atoms with Crippen molar-refractivity contribution in [3.63, 3.8) is 0 Å². The molecule has 0 aromatic carbocycles. The van der Waals surface area contributed by atoms with Gasteiger partial charge < -0.3 is 0 Å². The molecule has 0 amide bonds. The third kappa shape index (κ3) is 8.35. The number of nitrogens with zero attached hydrogens (tertiary/aromatic N) is 2. The fourth-order valence-electron chi connectivity index (χ4n) is 4.51. The summed E-state index contributed by atoms with van der Waals surface area (Å²) < 4.78 is 39.9. The molecule has 1 aromatic heterocycles. The molecule has 1 unspecified atom stereocenters. The summed E-state index contributed by atoms with van der Waals surface area (Å²) in [5.74, 6) is -0.547. The van der Waals surface area contributed by atoms with Gasteiger partial charge in [0.15, 0.2) is 5.78 Å². The van der Waals surface area contributed by atoms with Crippen LogP contribution in [-0.4, -0.2) is 28.4 Å². The summed E-state index contributed by atoms with van der Waals surface area (Å²) in [7, 11) is 0. The van der Waals surface area contributed by atoms with Gasteiger partial charge in [-0.15, -0.1) is 5.73 Å². The van der Waals surface area contributed by atoms with Crippen LogP contribution in [0.1, 0.15) is 38.2 Å². The van der Waals surface area contributed by atoms with Gasteiger partial charge in [0.25, 0.3) is 0 Å². The van der Waals surface area contributed by atoms with E-state index in [2.05, 4.69) is 15.7 Å². The molecule has 8 heteroatoms. The topological polar surface area (TPSA) is 59.4 Å². The zero-order valence-electron chi connectivity index (χ0n) is 22.9. The van der Waals surface area contributed by atoms with Crippen LogP contribution >= 0.6 is 11.6 Å². The molecule has 0 fully saturated rings. The fourth-order valence-corrected chi connectivity index (χ4v) is 4.76. The molecular weight excluding hydrogens is 561 g/mol. The monoisotopic (exact) mass is 588 g/mol. The van der Waals surface area contributed by atoms with E-state index in [1.165, 1.54) is 24.4 Å². The molecule has 0 radical (unpaired) electrons. The molecular formula is C34H28ClF3N2O2. The predicted molar refractivity (Wildman–Crippen MR) is 161 cm³/mol. The van der Waals surface area contributed by atoms with Crippen molar-refractivity contribution >= 4 is 34.5 Å². The number of rotatable bonds is 9. The predicted octanol–water partition coefficient (Wildman–Crippen LogP) is 8.45. The Morgan fingerprint density at radius 2 is 2.00 bits per heavy atom. The molecule has 1 aliphatic heterocycles. The number of halogens is 4. The first kappa shape index (κ1) is 30.6. The maximum absolute atomic E-state index is 13.3. The number of allylic oxidation sites excluding steroid dienone is 17. The summed E-state index contributed by atoms with van der Waals surface area (Å²) in [6, 6.07) is 3.70. The van der Waals surface area contributed by atoms with Crippen molar-refractivity contribution in [1.82, 2.24) is 4.98 Å². The summed E-state index contributed by atoms with van der Waals surface area (Å²) in [4.78, 5) is 34.1. The quantitative estimate of drug-likeness (QED) is 0.165. The van der Waals surface area contributed by atoms with Crippen molar-refractivity contribution in [3.05, 3.63) is 136 Å². The van der Waals surface area contributed by atoms with E-state index in [9.17, 15) is 22.8 Å². The third-order valence-electron chi connectivity index (χ3n) is 6.84. The first-order valence-electron chi connectivity index (χ1n) is 13.4. The smallest absolute Gasteiger partial charge is 0.290 e. The molecule has 2 aliphatic carbocycles. The van der Waals surface area contributed by atoms with Crippen LogP contribution in [0.2, 0.25) is 0 Å². The Bertz CT molecular complexity index is 1590. The van der Waals surface area contributed by atoms with E-state index in [0.29, 0.717) is 30.4 Å². The summed E-state index contributed by atoms with van der Waals surface area (Å²) >= 11 is 5.78. The summed E-state index contributed by atoms with van der Waals surface area (Å²) in [6.45, 7) is 1.95. The normalized spacial score (nSPS) is 18.3. The van der Waals surface area contributed by atoms with Crippen LogP contribution in [0.25, 0.3) is 5.57 Å². The van der Waals surface area contributed by atoms with Crippen molar-refractivity contribution in [1.29, 1.82) is 0 Å². The zero-order valence-corrected chi connectivity index (χ0v) is 23.6. The lowest BCUT2D eigenvalue weighted by molar-refractivity contribution is -0.111. The van der Waals surface area contributed by atoms with E-state index in [0.717, 1.165) is 22.8 Å². The second kappa shape index (κ2) is 14.0. The minimum absolute atomic E-state index is 0.100. The largest absolute Gasteiger partial charge is 0.417 e. The van der Waals surface area contributed by atoms with E-state index in [-0.39, 0.29) is 34.6 Å². The van der Waals surface area contributed by atoms with Gasteiger partial charge in [-0.3, -0.25) is 14.6 Å². The molecule has 0 saturated heterocycles. The molecule has 4 rings (SSSR count). The summed E-state index contributed by atoms with van der Waals surface area (Å²) in [6.07, 6.45) is 19.3. The van der Waals surface area contributed by atoms with Crippen molar-refractivity contribution in [3.8, 4) is 0 Å². The number of carbonyl (C=O) groups is 2. The fraction of sp³-hybridized carbons (Fsp3) is 0.206. The number of aliphatic imine (C=N–C) groups is 1. The van der Waals surface area contributed by atoms with E-state index in [1.54, 1.807) is 42.8 Å². The highest BCUT2D eigenvalue weighted by Gasteiger charge is 2.34. The van der Waals surface area contributed by atoms with Gasteiger partial charge in [-0.05, 0) is 85.3 Å². The SMILES string of the molecule is CC(/C=C/C(=O)C1=NC=C=CC(c2cccnc2)=C1)C1=CCC=C(C(=O)/C=C/CC2=CC(C(F)(F)F)=C(Cl)C=CC2)C1. The molecule has 3 aliphatic rings. The van der Waals surface area contributed by atoms with E-state index in [4.69, 9.17) is 11.6 Å². The van der Waals surface area contributed by atoms with Crippen LogP contribution in [0.5, 0.6) is 0 Å². The van der Waals surface area contributed by atoms with Gasteiger partial charge >= 0.3 is 6.18 Å². The van der Waals surface area contributed by atoms with Crippen LogP contribution in [0.3, 0.4) is 0 Å². The lowest BCUT2D eigenvalue weighted by Crippen LogP contribution is -2.11. The van der Waals surface area contributed by atoms with E-state index >= 15 is 0 Å². The minimum Gasteiger partial charge on any atom is -0.290 e. The molecule has 214 valence electrons. The first-order valence-corrected chi connectivity index (χ1v) is 13.7. The maximum atomic E-state index is 13.3. The van der Waals surface area contributed by atoms with Crippen LogP contribution < -0.4 is 0 Å². The van der Waals surface area contributed by atoms with Crippen molar-refractivity contribution in [2.24, 2.45) is 10.9 Å². The molecule has 0 spiro atoms. The van der Waals surface area contributed by atoms with Gasteiger partial charge in [-0.25, -0.2) is 4.99 Å². The highest BCUT2D eigenvalue weighted by Crippen LogP contribution is 2.35. The van der Waals surface area contributed by atoms with Crippen LogP contribution in [-0.2, 0) is 9.59 Å². The number of carbonyl (C=O) groups excluding carboxylic acids is 2. The number of ketones is 2. The molecule has 2 heterocycles. The van der Waals surface area contributed by atoms with Crippen molar-refractivity contribution in [2.45, 2.75) is 38.8 Å². The first-order chi connectivity index (χ1) is 20.1. The third-order valence-corrected chi connectivity index (χ3v) is 7.17. The number of hydrogen-bond acceptors (Lipinski definition) is 4. The number of pyridine rings is 1. The Balaban J connectivity index is 1.35. The Hall–Kier alpha value is -4.32. The molecule has 42 heavy (non-hydrogen) atoms. The second-order valence-corrected chi connectivity index (χ2v) is 10.3. The lowest BCUT2D eigenvalue weighted by atomic mass is 9.87. The van der Waals surface area contributed by atoms with Gasteiger partial charge in [0, 0.05) is 18.0 Å². The van der Waals surface area contributed by atoms with Gasteiger partial charge in [0.1, 0.15) is 5.71 Å². The zero-order chi connectivity index (χ0) is 30.1. The maximum Gasteiger partial charge on any atom is 0.417 e. The molecule has 0 saturated carbocycles. The van der Waals surface area contributed by atoms with Gasteiger partial charge in [0.2, 0.25) is 5.78 Å². The van der Waals surface area contributed by atoms with E-state index < -0.39 is 11.7 Å². The average molecular weight is 589 g/mol. The molecule has 1 aromatic rings. The van der Waals surface area contributed by atoms with Gasteiger partial charge in [-0.1, -0.05) is 66.1 Å². The Labute approximate surface area is 247 Å². The number of aromatic nitrogens is 1. The van der Waals surface area contributed by atoms with Crippen molar-refractivity contribution < 1.29 is 22.8 Å². The Morgan fingerprint density at radius 1 is 1.17 bits per heavy atom. The highest BCUT2D eigenvalue weighted by atomic mass is 35.5. The van der Waals surface area contributed by atoms with Gasteiger partial charge in [-0.2, -0.15) is 13.2 Å². The highest BCUT2D eigenvalue weighted by molar-refractivity contribution is 6.49. The van der Waals surface area contributed by atoms with Crippen LogP contribution in [0.15, 0.2) is 136 Å². The van der Waals surface area contributed by atoms with Gasteiger partial charge in [0.05, 0.1) is 16.8 Å². The van der Waals surface area contributed by atoms with E-state index in [1.807, 2.05) is 31.2 Å². The summed E-state index contributed by atoms with van der Waals surface area (Å²) in [5, 5.41) is -0.351. The van der Waals surface area contributed by atoms with Crippen LogP contribution in [0.4, 0.5) is 13.2 Å². The Kier molecular flexibility index (Phi) is 10.2. The molecule has 1 atom stereocenters. The average Bonchev–Trinajstić information content (AvgIpc) is 3.35. The van der Waals surface area contributed by atoms with Crippen LogP contribution in [0, 0.1) is 5.92 Å². The lowest BCUT2D eigenvalue weighted by Gasteiger charge is -2.17. The Morgan fingerprint density at radius 3 is 2.76 bits per heavy atom. The second-order valence-electron chi connectivity index (χ2n) is 9.87. The summed E-state index contributed by atoms with van der Waals surface area (Å²) in [5.41, 5.74) is 6.06. The minimum atomic E-state index is -4.56. The molecule has 4 nitrogen and oxygen atoms in total. The van der Waals surface area contributed by atoms with Crippen molar-refractivity contribution in [2.75, 3.05) is 0 Å². The molecule has 0 bridgehead atoms. The number of alkyl halides is 3.